The number of carboxylic acids is 1. The summed E-state index contributed by atoms with van der Waals surface area (Å²) < 4.78 is 18.3. The van der Waals surface area contributed by atoms with E-state index in [0.717, 1.165) is 0 Å². The molecule has 1 N–H and O–H groups in total. The number of nitrogens with zero attached hydrogens (tertiary/aromatic N) is 1. The number of benzene rings is 1. The third-order valence-corrected chi connectivity index (χ3v) is 3.88. The van der Waals surface area contributed by atoms with Crippen LogP contribution in [0.25, 0.3) is 0 Å². The summed E-state index contributed by atoms with van der Waals surface area (Å²) in [4.78, 5) is 24.7. The molecule has 1 aliphatic heterocycles. The Kier molecular flexibility index (Phi) is 5.35. The van der Waals surface area contributed by atoms with E-state index in [-0.39, 0.29) is 24.2 Å². The number of aliphatic carboxylic acids is 1. The molecule has 0 radical (unpaired) electrons. The van der Waals surface area contributed by atoms with Gasteiger partial charge in [0.2, 0.25) is 5.91 Å². The van der Waals surface area contributed by atoms with Crippen LogP contribution in [-0.2, 0) is 9.59 Å². The van der Waals surface area contributed by atoms with Crippen LogP contribution in [0.4, 0.5) is 4.39 Å². The number of amides is 1. The molecule has 1 saturated heterocycles. The first-order valence-corrected chi connectivity index (χ1v) is 7.36. The fourth-order valence-electron chi connectivity index (χ4n) is 2.62. The molecule has 2 rings (SSSR count). The Morgan fingerprint density at radius 2 is 2.18 bits per heavy atom. The lowest BCUT2D eigenvalue weighted by Crippen LogP contribution is -2.30. The first kappa shape index (κ1) is 16.3. The van der Waals surface area contributed by atoms with E-state index in [1.165, 1.54) is 12.1 Å². The number of carboxylic acid groups (broad SMARTS) is 1. The molecule has 1 aromatic rings. The highest BCUT2D eigenvalue weighted by Gasteiger charge is 2.36. The maximum absolute atomic E-state index is 13.0. The van der Waals surface area contributed by atoms with E-state index in [9.17, 15) is 14.0 Å². The smallest absolute Gasteiger partial charge is 0.308 e. The van der Waals surface area contributed by atoms with Gasteiger partial charge in [0.1, 0.15) is 11.6 Å². The molecule has 5 nitrogen and oxygen atoms in total. The molecule has 120 valence electrons. The van der Waals surface area contributed by atoms with Crippen LogP contribution in [0.15, 0.2) is 24.3 Å². The number of carbonyl (C=O) groups excluding carboxylic acids is 1. The summed E-state index contributed by atoms with van der Waals surface area (Å²) in [5, 5.41) is 9.06. The van der Waals surface area contributed by atoms with Gasteiger partial charge in [-0.3, -0.25) is 9.59 Å². The van der Waals surface area contributed by atoms with E-state index in [2.05, 4.69) is 0 Å². The summed E-state index contributed by atoms with van der Waals surface area (Å²) in [5.74, 6) is -1.33. The summed E-state index contributed by atoms with van der Waals surface area (Å²) in [6.07, 6.45) is 0.812. The highest BCUT2D eigenvalue weighted by Crippen LogP contribution is 2.24. The second-order valence-corrected chi connectivity index (χ2v) is 5.63. The summed E-state index contributed by atoms with van der Waals surface area (Å²) in [5.41, 5.74) is 0. The zero-order valence-electron chi connectivity index (χ0n) is 12.5. The van der Waals surface area contributed by atoms with Gasteiger partial charge < -0.3 is 14.7 Å². The monoisotopic (exact) mass is 309 g/mol. The molecule has 0 aromatic heterocycles. The van der Waals surface area contributed by atoms with Gasteiger partial charge in [0.05, 0.1) is 12.5 Å². The Morgan fingerprint density at radius 3 is 2.82 bits per heavy atom. The maximum atomic E-state index is 13.0. The summed E-state index contributed by atoms with van der Waals surface area (Å²) in [6.45, 7) is 2.93. The molecule has 6 heteroatoms. The number of hydrogen-bond acceptors (Lipinski definition) is 3. The highest BCUT2D eigenvalue weighted by molar-refractivity contribution is 5.78. The third-order valence-electron chi connectivity index (χ3n) is 3.88. The van der Waals surface area contributed by atoms with Crippen LogP contribution in [0.2, 0.25) is 0 Å². The van der Waals surface area contributed by atoms with Crippen molar-refractivity contribution in [2.24, 2.45) is 11.8 Å². The highest BCUT2D eigenvalue weighted by atomic mass is 19.1. The predicted molar refractivity (Wildman–Crippen MR) is 78.0 cm³/mol. The van der Waals surface area contributed by atoms with Gasteiger partial charge in [-0.25, -0.2) is 4.39 Å². The van der Waals surface area contributed by atoms with E-state index in [1.54, 1.807) is 17.0 Å². The second-order valence-electron chi connectivity index (χ2n) is 5.63. The van der Waals surface area contributed by atoms with Crippen molar-refractivity contribution < 1.29 is 23.8 Å². The molecule has 2 atom stereocenters. The van der Waals surface area contributed by atoms with Gasteiger partial charge in [-0.15, -0.1) is 0 Å². The first-order valence-electron chi connectivity index (χ1n) is 7.36. The van der Waals surface area contributed by atoms with Gasteiger partial charge in [0.15, 0.2) is 0 Å². The molecule has 0 bridgehead atoms. The van der Waals surface area contributed by atoms with Crippen molar-refractivity contribution in [2.45, 2.75) is 19.8 Å². The van der Waals surface area contributed by atoms with Crippen LogP contribution in [0.3, 0.4) is 0 Å². The van der Waals surface area contributed by atoms with Crippen molar-refractivity contribution >= 4 is 11.9 Å². The topological polar surface area (TPSA) is 66.8 Å². The van der Waals surface area contributed by atoms with E-state index in [0.29, 0.717) is 31.7 Å². The van der Waals surface area contributed by atoms with Gasteiger partial charge in [0, 0.05) is 25.6 Å². The van der Waals surface area contributed by atoms with Gasteiger partial charge >= 0.3 is 5.97 Å². The van der Waals surface area contributed by atoms with Crippen molar-refractivity contribution in [3.05, 3.63) is 30.1 Å². The zero-order chi connectivity index (χ0) is 16.1. The first-order chi connectivity index (χ1) is 10.5. The standard InChI is InChI=1S/C16H20FNO4/c1-11-9-18(10-14(11)16(20)21)15(19)6-3-7-22-13-5-2-4-12(17)8-13/h2,4-5,8,11,14H,3,6-7,9-10H2,1H3,(H,20,21)/t11-,14-/m1/s1. The lowest BCUT2D eigenvalue weighted by Gasteiger charge is -2.15. The molecule has 1 aliphatic rings. The molecule has 1 fully saturated rings. The summed E-state index contributed by atoms with van der Waals surface area (Å²) in [6, 6.07) is 5.85. The minimum atomic E-state index is -0.850. The largest absolute Gasteiger partial charge is 0.493 e. The molecule has 0 aliphatic carbocycles. The molecule has 0 spiro atoms. The van der Waals surface area contributed by atoms with Gasteiger partial charge in [-0.2, -0.15) is 0 Å². The third kappa shape index (κ3) is 4.19. The van der Waals surface area contributed by atoms with E-state index >= 15 is 0 Å². The fraction of sp³-hybridized carbons (Fsp3) is 0.500. The lowest BCUT2D eigenvalue weighted by molar-refractivity contribution is -0.142. The van der Waals surface area contributed by atoms with Crippen LogP contribution >= 0.6 is 0 Å². The molecule has 1 amide bonds. The van der Waals surface area contributed by atoms with Crippen LogP contribution in [-0.4, -0.2) is 41.6 Å². The fourth-order valence-corrected chi connectivity index (χ4v) is 2.62. The Balaban J connectivity index is 1.71. The lowest BCUT2D eigenvalue weighted by atomic mass is 9.99. The molecular formula is C16H20FNO4. The van der Waals surface area contributed by atoms with Crippen molar-refractivity contribution in [1.29, 1.82) is 0 Å². The number of rotatable bonds is 6. The Morgan fingerprint density at radius 1 is 1.41 bits per heavy atom. The van der Waals surface area contributed by atoms with Gasteiger partial charge in [-0.1, -0.05) is 13.0 Å². The number of likely N-dealkylation sites (tertiary alicyclic amines) is 1. The van der Waals surface area contributed by atoms with E-state index < -0.39 is 11.9 Å². The average Bonchev–Trinajstić information content (AvgIpc) is 2.86. The average molecular weight is 309 g/mol. The van der Waals surface area contributed by atoms with E-state index in [1.807, 2.05) is 6.92 Å². The van der Waals surface area contributed by atoms with E-state index in [4.69, 9.17) is 9.84 Å². The molecular weight excluding hydrogens is 289 g/mol. The SMILES string of the molecule is C[C@@H]1CN(C(=O)CCCOc2cccc(F)c2)C[C@H]1C(=O)O. The number of halogens is 1. The van der Waals surface area contributed by atoms with Crippen molar-refractivity contribution in [2.75, 3.05) is 19.7 Å². The molecule has 0 saturated carbocycles. The molecule has 0 unspecified atom stereocenters. The van der Waals surface area contributed by atoms with Crippen molar-refractivity contribution in [3.63, 3.8) is 0 Å². The Hall–Kier alpha value is -2.11. The number of ether oxygens (including phenoxy) is 1. The number of hydrogen-bond donors (Lipinski definition) is 1. The van der Waals surface area contributed by atoms with Crippen LogP contribution < -0.4 is 4.74 Å². The van der Waals surface area contributed by atoms with Crippen LogP contribution in [0, 0.1) is 17.7 Å². The number of carbonyl (C=O) groups is 2. The van der Waals surface area contributed by atoms with Crippen LogP contribution in [0.1, 0.15) is 19.8 Å². The summed E-state index contributed by atoms with van der Waals surface area (Å²) >= 11 is 0. The quantitative estimate of drug-likeness (QED) is 0.818. The van der Waals surface area contributed by atoms with Crippen molar-refractivity contribution in [3.8, 4) is 5.75 Å². The minimum absolute atomic E-state index is 0.0232. The Bertz CT molecular complexity index is 549. The maximum Gasteiger partial charge on any atom is 0.308 e. The summed E-state index contributed by atoms with van der Waals surface area (Å²) in [7, 11) is 0. The predicted octanol–water partition coefficient (Wildman–Crippen LogP) is 2.16. The molecule has 1 heterocycles. The van der Waals surface area contributed by atoms with Crippen molar-refractivity contribution in [1.82, 2.24) is 4.90 Å². The van der Waals surface area contributed by atoms with Crippen LogP contribution in [0.5, 0.6) is 5.75 Å². The normalized spacial score (nSPS) is 20.9. The second kappa shape index (κ2) is 7.24. The van der Waals surface area contributed by atoms with Gasteiger partial charge in [0.25, 0.3) is 0 Å². The zero-order valence-corrected chi connectivity index (χ0v) is 12.5. The van der Waals surface area contributed by atoms with Gasteiger partial charge in [-0.05, 0) is 24.5 Å². The molecule has 1 aromatic carbocycles. The molecule has 22 heavy (non-hydrogen) atoms. The minimum Gasteiger partial charge on any atom is -0.493 e. The Labute approximate surface area is 128 Å².